The number of hydrogen-bond donors (Lipinski definition) is 0. The Morgan fingerprint density at radius 1 is 0.914 bits per heavy atom. The van der Waals surface area contributed by atoms with Crippen LogP contribution in [0.15, 0.2) is 48.1 Å². The molecule has 0 N–H and O–H groups in total. The molecule has 2 aliphatic rings. The second-order valence-corrected chi connectivity index (χ2v) is 12.9. The summed E-state index contributed by atoms with van der Waals surface area (Å²) < 4.78 is 17.9. The van der Waals surface area contributed by atoms with E-state index in [1.165, 1.54) is 43.2 Å². The van der Waals surface area contributed by atoms with Gasteiger partial charge in [-0.3, -0.25) is 0 Å². The molecule has 1 fully saturated rings. The van der Waals surface area contributed by atoms with Crippen molar-refractivity contribution in [3.05, 3.63) is 53.6 Å². The molecule has 0 radical (unpaired) electrons. The van der Waals surface area contributed by atoms with Crippen molar-refractivity contribution in [2.75, 3.05) is 13.2 Å². The van der Waals surface area contributed by atoms with Crippen LogP contribution in [0.25, 0.3) is 0 Å². The Kier molecular flexibility index (Phi) is 10.1. The summed E-state index contributed by atoms with van der Waals surface area (Å²) in [6.07, 6.45) is 15.8. The van der Waals surface area contributed by atoms with Crippen LogP contribution < -0.4 is 4.74 Å². The van der Waals surface area contributed by atoms with E-state index in [4.69, 9.17) is 14.2 Å². The third kappa shape index (κ3) is 9.42. The molecule has 0 amide bonds. The Hall–Kier alpha value is -1.58. The van der Waals surface area contributed by atoms with Crippen LogP contribution in [0.1, 0.15) is 105 Å². The van der Waals surface area contributed by atoms with Gasteiger partial charge < -0.3 is 14.2 Å². The van der Waals surface area contributed by atoms with E-state index in [1.54, 1.807) is 0 Å². The molecule has 0 saturated heterocycles. The van der Waals surface area contributed by atoms with Gasteiger partial charge in [0.1, 0.15) is 5.75 Å². The number of benzene rings is 1. The summed E-state index contributed by atoms with van der Waals surface area (Å²) in [4.78, 5) is 0. The van der Waals surface area contributed by atoms with Crippen LogP contribution in [0.4, 0.5) is 0 Å². The smallest absolute Gasteiger partial charge is 0.197 e. The maximum absolute atomic E-state index is 6.02. The molecular weight excluding hydrogens is 432 g/mol. The fraction of sp³-hybridized carbons (Fsp3) is 0.688. The fourth-order valence-corrected chi connectivity index (χ4v) is 5.43. The third-order valence-corrected chi connectivity index (χ3v) is 7.38. The van der Waals surface area contributed by atoms with E-state index in [1.807, 2.05) is 6.92 Å². The second kappa shape index (κ2) is 12.6. The van der Waals surface area contributed by atoms with E-state index in [0.717, 1.165) is 24.5 Å². The van der Waals surface area contributed by atoms with Crippen molar-refractivity contribution in [3.63, 3.8) is 0 Å². The predicted molar refractivity (Wildman–Crippen MR) is 147 cm³/mol. The quantitative estimate of drug-likeness (QED) is 0.246. The highest BCUT2D eigenvalue weighted by Crippen LogP contribution is 2.43. The van der Waals surface area contributed by atoms with Crippen LogP contribution in [-0.4, -0.2) is 25.6 Å². The predicted octanol–water partition coefficient (Wildman–Crippen LogP) is 8.85. The standard InChI is InChI=1S/C32H50O3/c1-24(33-21-22-34-28-17-13-26(14-18-28)25-11-9-8-10-12-25)35-29-19-15-27(16-20-29)30(32(5,6)7)23-31(2,3)4/h13-17,19-20,24-25,28,30H,8-12,18,21-23H2,1-7H3. The normalized spacial score (nSPS) is 21.5. The average Bonchev–Trinajstić information content (AvgIpc) is 2.81. The van der Waals surface area contributed by atoms with Crippen LogP contribution in [0, 0.1) is 16.7 Å². The number of ether oxygens (including phenoxy) is 3. The molecule has 3 rings (SSSR count). The van der Waals surface area contributed by atoms with Gasteiger partial charge in [0, 0.05) is 0 Å². The Bertz CT molecular complexity index is 816. The van der Waals surface area contributed by atoms with Gasteiger partial charge in [-0.25, -0.2) is 0 Å². The Balaban J connectivity index is 1.38. The fourth-order valence-electron chi connectivity index (χ4n) is 5.43. The molecule has 3 atom stereocenters. The number of allylic oxidation sites excluding steroid dienone is 2. The largest absolute Gasteiger partial charge is 0.465 e. The Morgan fingerprint density at radius 2 is 1.60 bits per heavy atom. The molecule has 0 aromatic heterocycles. The number of rotatable bonds is 10. The highest BCUT2D eigenvalue weighted by atomic mass is 16.7. The molecule has 196 valence electrons. The summed E-state index contributed by atoms with van der Waals surface area (Å²) in [5, 5.41) is 0. The molecule has 1 saturated carbocycles. The van der Waals surface area contributed by atoms with Crippen molar-refractivity contribution >= 4 is 0 Å². The first-order valence-corrected chi connectivity index (χ1v) is 13.9. The zero-order chi connectivity index (χ0) is 25.5. The van der Waals surface area contributed by atoms with Crippen molar-refractivity contribution in [1.82, 2.24) is 0 Å². The van der Waals surface area contributed by atoms with Crippen LogP contribution in [0.5, 0.6) is 5.75 Å². The topological polar surface area (TPSA) is 27.7 Å². The Morgan fingerprint density at radius 3 is 2.17 bits per heavy atom. The molecule has 3 unspecified atom stereocenters. The van der Waals surface area contributed by atoms with Crippen molar-refractivity contribution < 1.29 is 14.2 Å². The summed E-state index contributed by atoms with van der Waals surface area (Å²) in [7, 11) is 0. The van der Waals surface area contributed by atoms with E-state index >= 15 is 0 Å². The highest BCUT2D eigenvalue weighted by Gasteiger charge is 2.30. The third-order valence-electron chi connectivity index (χ3n) is 7.38. The first-order valence-electron chi connectivity index (χ1n) is 13.9. The summed E-state index contributed by atoms with van der Waals surface area (Å²) in [6.45, 7) is 17.0. The zero-order valence-electron chi connectivity index (χ0n) is 23.4. The molecule has 1 aromatic carbocycles. The molecule has 0 spiro atoms. The summed E-state index contributed by atoms with van der Waals surface area (Å²) in [5.41, 5.74) is 3.41. The first kappa shape index (κ1) is 28.0. The maximum atomic E-state index is 6.02. The molecule has 0 bridgehead atoms. The minimum atomic E-state index is -0.308. The maximum Gasteiger partial charge on any atom is 0.197 e. The van der Waals surface area contributed by atoms with Gasteiger partial charge in [-0.2, -0.15) is 0 Å². The van der Waals surface area contributed by atoms with Crippen molar-refractivity contribution in [2.24, 2.45) is 16.7 Å². The van der Waals surface area contributed by atoms with Crippen LogP contribution >= 0.6 is 0 Å². The molecule has 1 aromatic rings. The lowest BCUT2D eigenvalue weighted by Crippen LogP contribution is -2.24. The summed E-state index contributed by atoms with van der Waals surface area (Å²) in [5.74, 6) is 2.13. The van der Waals surface area contributed by atoms with Gasteiger partial charge in [0.15, 0.2) is 6.29 Å². The van der Waals surface area contributed by atoms with Crippen LogP contribution in [0.2, 0.25) is 0 Å². The summed E-state index contributed by atoms with van der Waals surface area (Å²) in [6, 6.07) is 8.60. The average molecular weight is 483 g/mol. The Labute approximate surface area is 215 Å². The SMILES string of the molecule is CC(OCCOC1C=CC(C2CCCCC2)=CC1)Oc1ccc(C(CC(C)(C)C)C(C)(C)C)cc1. The van der Waals surface area contributed by atoms with Gasteiger partial charge >= 0.3 is 0 Å². The minimum absolute atomic E-state index is 0.165. The van der Waals surface area contributed by atoms with E-state index < -0.39 is 0 Å². The molecule has 0 aliphatic heterocycles. The van der Waals surface area contributed by atoms with E-state index in [2.05, 4.69) is 84.0 Å². The van der Waals surface area contributed by atoms with Crippen molar-refractivity contribution in [1.29, 1.82) is 0 Å². The lowest BCUT2D eigenvalue weighted by molar-refractivity contribution is -0.0876. The van der Waals surface area contributed by atoms with Crippen molar-refractivity contribution in [3.8, 4) is 5.75 Å². The van der Waals surface area contributed by atoms with Gasteiger partial charge in [-0.05, 0) is 78.5 Å². The van der Waals surface area contributed by atoms with Gasteiger partial charge in [0.05, 0.1) is 19.3 Å². The van der Waals surface area contributed by atoms with E-state index in [-0.39, 0.29) is 17.8 Å². The van der Waals surface area contributed by atoms with Gasteiger partial charge in [-0.15, -0.1) is 0 Å². The zero-order valence-corrected chi connectivity index (χ0v) is 23.4. The van der Waals surface area contributed by atoms with Gasteiger partial charge in [0.25, 0.3) is 0 Å². The van der Waals surface area contributed by atoms with Crippen molar-refractivity contribution in [2.45, 2.75) is 112 Å². The monoisotopic (exact) mass is 482 g/mol. The molecule has 35 heavy (non-hydrogen) atoms. The van der Waals surface area contributed by atoms with Crippen LogP contribution in [0.3, 0.4) is 0 Å². The minimum Gasteiger partial charge on any atom is -0.465 e. The first-order chi connectivity index (χ1) is 16.5. The molecule has 2 aliphatic carbocycles. The molecule has 0 heterocycles. The lowest BCUT2D eigenvalue weighted by Gasteiger charge is -2.36. The van der Waals surface area contributed by atoms with Crippen LogP contribution in [-0.2, 0) is 9.47 Å². The lowest BCUT2D eigenvalue weighted by atomic mass is 9.69. The van der Waals surface area contributed by atoms with Gasteiger partial charge in [0.2, 0.25) is 0 Å². The molecule has 3 heteroatoms. The second-order valence-electron chi connectivity index (χ2n) is 12.9. The molecular formula is C32H50O3. The van der Waals surface area contributed by atoms with E-state index in [0.29, 0.717) is 24.5 Å². The molecule has 3 nitrogen and oxygen atoms in total. The van der Waals surface area contributed by atoms with E-state index in [9.17, 15) is 0 Å². The van der Waals surface area contributed by atoms with Gasteiger partial charge in [-0.1, -0.05) is 91.2 Å². The summed E-state index contributed by atoms with van der Waals surface area (Å²) >= 11 is 0. The highest BCUT2D eigenvalue weighted by molar-refractivity contribution is 5.31. The number of hydrogen-bond acceptors (Lipinski definition) is 3.